The molecule has 0 aliphatic rings. The third kappa shape index (κ3) is 4.91. The molecule has 3 rings (SSSR count). The summed E-state index contributed by atoms with van der Waals surface area (Å²) in [6.45, 7) is 2.64. The highest BCUT2D eigenvalue weighted by molar-refractivity contribution is 7.13. The zero-order chi connectivity index (χ0) is 17.6. The number of amides is 1. The van der Waals surface area contributed by atoms with Gasteiger partial charge in [0, 0.05) is 28.9 Å². The minimum absolute atomic E-state index is 0.0258. The number of benzene rings is 2. The molecule has 3 nitrogen and oxygen atoms in total. The molecule has 5 heteroatoms. The van der Waals surface area contributed by atoms with Crippen LogP contribution in [0.2, 0.25) is 5.02 Å². The number of thiazole rings is 1. The van der Waals surface area contributed by atoms with Gasteiger partial charge in [0.1, 0.15) is 5.01 Å². The van der Waals surface area contributed by atoms with Crippen LogP contribution in [0.15, 0.2) is 53.9 Å². The lowest BCUT2D eigenvalue weighted by atomic mass is 10.1. The van der Waals surface area contributed by atoms with Crippen molar-refractivity contribution < 1.29 is 4.79 Å². The van der Waals surface area contributed by atoms with Crippen molar-refractivity contribution in [1.29, 1.82) is 0 Å². The molecular weight excluding hydrogens is 352 g/mol. The van der Waals surface area contributed by atoms with Crippen molar-refractivity contribution in [3.63, 3.8) is 0 Å². The standard InChI is InChI=1S/C20H19ClN2OS/c1-14-6-8-15(9-7-14)20-23-17(13-25-20)10-11-22-19(24)12-16-4-2-3-5-18(16)21/h2-9,13H,10-12H2,1H3,(H,22,24). The van der Waals surface area contributed by atoms with Crippen LogP contribution >= 0.6 is 22.9 Å². The van der Waals surface area contributed by atoms with E-state index < -0.39 is 0 Å². The van der Waals surface area contributed by atoms with E-state index in [-0.39, 0.29) is 5.91 Å². The molecule has 0 saturated carbocycles. The Bertz CT molecular complexity index is 858. The molecule has 0 fully saturated rings. The summed E-state index contributed by atoms with van der Waals surface area (Å²) in [5, 5.41) is 6.62. The van der Waals surface area contributed by atoms with E-state index in [1.54, 1.807) is 17.4 Å². The molecule has 3 aromatic rings. The topological polar surface area (TPSA) is 42.0 Å². The molecule has 0 aliphatic heterocycles. The van der Waals surface area contributed by atoms with E-state index in [4.69, 9.17) is 11.6 Å². The Morgan fingerprint density at radius 3 is 2.68 bits per heavy atom. The van der Waals surface area contributed by atoms with Crippen LogP contribution in [0.5, 0.6) is 0 Å². The van der Waals surface area contributed by atoms with Crippen molar-refractivity contribution in [2.45, 2.75) is 19.8 Å². The number of hydrogen-bond donors (Lipinski definition) is 1. The van der Waals surface area contributed by atoms with Gasteiger partial charge < -0.3 is 5.32 Å². The lowest BCUT2D eigenvalue weighted by Crippen LogP contribution is -2.27. The minimum Gasteiger partial charge on any atom is -0.355 e. The fourth-order valence-corrected chi connectivity index (χ4v) is 3.52. The van der Waals surface area contributed by atoms with Gasteiger partial charge in [0.15, 0.2) is 0 Å². The second-order valence-electron chi connectivity index (χ2n) is 5.88. The van der Waals surface area contributed by atoms with Gasteiger partial charge in [-0.25, -0.2) is 4.98 Å². The third-order valence-electron chi connectivity index (χ3n) is 3.86. The van der Waals surface area contributed by atoms with Gasteiger partial charge >= 0.3 is 0 Å². The van der Waals surface area contributed by atoms with Crippen LogP contribution in [-0.2, 0) is 17.6 Å². The number of hydrogen-bond acceptors (Lipinski definition) is 3. The number of carbonyl (C=O) groups excluding carboxylic acids is 1. The number of nitrogens with one attached hydrogen (secondary N) is 1. The van der Waals surface area contributed by atoms with Gasteiger partial charge in [-0.15, -0.1) is 11.3 Å². The van der Waals surface area contributed by atoms with Crippen molar-refractivity contribution in [2.24, 2.45) is 0 Å². The molecule has 128 valence electrons. The Labute approximate surface area is 156 Å². The Kier molecular flexibility index (Phi) is 5.84. The van der Waals surface area contributed by atoms with Crippen LogP contribution < -0.4 is 5.32 Å². The molecule has 0 radical (unpaired) electrons. The van der Waals surface area contributed by atoms with Gasteiger partial charge in [-0.05, 0) is 18.6 Å². The largest absolute Gasteiger partial charge is 0.355 e. The molecule has 1 aromatic heterocycles. The van der Waals surface area contributed by atoms with E-state index >= 15 is 0 Å². The van der Waals surface area contributed by atoms with Crippen molar-refractivity contribution >= 4 is 28.8 Å². The van der Waals surface area contributed by atoms with Crippen molar-refractivity contribution in [1.82, 2.24) is 10.3 Å². The van der Waals surface area contributed by atoms with Crippen LogP contribution in [0.3, 0.4) is 0 Å². The average Bonchev–Trinajstić information content (AvgIpc) is 3.06. The zero-order valence-electron chi connectivity index (χ0n) is 14.0. The molecule has 25 heavy (non-hydrogen) atoms. The number of halogens is 1. The summed E-state index contributed by atoms with van der Waals surface area (Å²) >= 11 is 7.71. The predicted molar refractivity (Wildman–Crippen MR) is 104 cm³/mol. The van der Waals surface area contributed by atoms with Crippen molar-refractivity contribution in [3.05, 3.63) is 75.8 Å². The lowest BCUT2D eigenvalue weighted by Gasteiger charge is -2.05. The lowest BCUT2D eigenvalue weighted by molar-refractivity contribution is -0.120. The molecular formula is C20H19ClN2OS. The normalized spacial score (nSPS) is 10.6. The number of carbonyl (C=O) groups is 1. The van der Waals surface area contributed by atoms with Crippen molar-refractivity contribution in [2.75, 3.05) is 6.54 Å². The smallest absolute Gasteiger partial charge is 0.224 e. The van der Waals surface area contributed by atoms with Gasteiger partial charge in [-0.1, -0.05) is 59.6 Å². The first-order chi connectivity index (χ1) is 12.1. The highest BCUT2D eigenvalue weighted by atomic mass is 35.5. The Balaban J connectivity index is 1.50. The van der Waals surface area contributed by atoms with Crippen LogP contribution in [0.4, 0.5) is 0 Å². The highest BCUT2D eigenvalue weighted by Crippen LogP contribution is 2.24. The molecule has 0 bridgehead atoms. The maximum atomic E-state index is 12.0. The quantitative estimate of drug-likeness (QED) is 0.684. The molecule has 1 N–H and O–H groups in total. The van der Waals surface area contributed by atoms with Crippen LogP contribution in [0, 0.1) is 6.92 Å². The summed E-state index contributed by atoms with van der Waals surface area (Å²) in [4.78, 5) is 16.7. The Morgan fingerprint density at radius 2 is 1.92 bits per heavy atom. The van der Waals surface area contributed by atoms with Gasteiger partial charge in [0.25, 0.3) is 0 Å². The molecule has 0 saturated heterocycles. The van der Waals surface area contributed by atoms with Crippen LogP contribution in [-0.4, -0.2) is 17.4 Å². The summed E-state index contributed by atoms with van der Waals surface area (Å²) in [7, 11) is 0. The number of nitrogens with zero attached hydrogens (tertiary/aromatic N) is 1. The summed E-state index contributed by atoms with van der Waals surface area (Å²) < 4.78 is 0. The number of rotatable bonds is 6. The summed E-state index contributed by atoms with van der Waals surface area (Å²) in [6, 6.07) is 15.8. The number of aromatic nitrogens is 1. The van der Waals surface area contributed by atoms with E-state index in [0.717, 1.165) is 28.2 Å². The summed E-state index contributed by atoms with van der Waals surface area (Å²) in [5.74, 6) is -0.0258. The zero-order valence-corrected chi connectivity index (χ0v) is 15.5. The van der Waals surface area contributed by atoms with Gasteiger partial charge in [-0.3, -0.25) is 4.79 Å². The second kappa shape index (κ2) is 8.28. The Hall–Kier alpha value is -2.17. The minimum atomic E-state index is -0.0258. The van der Waals surface area contributed by atoms with E-state index in [9.17, 15) is 4.79 Å². The van der Waals surface area contributed by atoms with E-state index in [0.29, 0.717) is 18.0 Å². The maximum absolute atomic E-state index is 12.0. The highest BCUT2D eigenvalue weighted by Gasteiger charge is 2.08. The molecule has 0 atom stereocenters. The first-order valence-corrected chi connectivity index (χ1v) is 9.39. The monoisotopic (exact) mass is 370 g/mol. The van der Waals surface area contributed by atoms with Gasteiger partial charge in [0.2, 0.25) is 5.91 Å². The van der Waals surface area contributed by atoms with E-state index in [1.165, 1.54) is 5.56 Å². The fraction of sp³-hybridized carbons (Fsp3) is 0.200. The third-order valence-corrected chi connectivity index (χ3v) is 5.17. The first-order valence-electron chi connectivity index (χ1n) is 8.13. The average molecular weight is 371 g/mol. The van der Waals surface area contributed by atoms with Crippen LogP contribution in [0.1, 0.15) is 16.8 Å². The van der Waals surface area contributed by atoms with E-state index in [2.05, 4.69) is 46.9 Å². The molecule has 1 heterocycles. The molecule has 1 amide bonds. The fourth-order valence-electron chi connectivity index (χ4n) is 2.46. The Morgan fingerprint density at radius 1 is 1.16 bits per heavy atom. The molecule has 0 aliphatic carbocycles. The SMILES string of the molecule is Cc1ccc(-c2nc(CCNC(=O)Cc3ccccc3Cl)cs2)cc1. The van der Waals surface area contributed by atoms with Gasteiger partial charge in [0.05, 0.1) is 12.1 Å². The molecule has 0 unspecified atom stereocenters. The van der Waals surface area contributed by atoms with Gasteiger partial charge in [-0.2, -0.15) is 0 Å². The molecule has 0 spiro atoms. The second-order valence-corrected chi connectivity index (χ2v) is 7.14. The predicted octanol–water partition coefficient (Wildman–Crippen LogP) is 4.67. The molecule has 2 aromatic carbocycles. The van der Waals surface area contributed by atoms with Crippen molar-refractivity contribution in [3.8, 4) is 10.6 Å². The maximum Gasteiger partial charge on any atom is 0.224 e. The number of aryl methyl sites for hydroxylation is 1. The summed E-state index contributed by atoms with van der Waals surface area (Å²) in [5.41, 5.74) is 4.21. The first kappa shape index (κ1) is 17.6. The van der Waals surface area contributed by atoms with Crippen LogP contribution in [0.25, 0.3) is 10.6 Å². The summed E-state index contributed by atoms with van der Waals surface area (Å²) in [6.07, 6.45) is 1.02. The van der Waals surface area contributed by atoms with E-state index in [1.807, 2.05) is 18.2 Å².